The first-order chi connectivity index (χ1) is 12.1. The van der Waals surface area contributed by atoms with E-state index in [0.29, 0.717) is 5.92 Å². The summed E-state index contributed by atoms with van der Waals surface area (Å²) in [7, 11) is 0. The number of hydrogen-bond donors (Lipinski definition) is 3. The van der Waals surface area contributed by atoms with Gasteiger partial charge in [0.1, 0.15) is 5.84 Å². The van der Waals surface area contributed by atoms with Crippen molar-refractivity contribution in [3.63, 3.8) is 0 Å². The predicted octanol–water partition coefficient (Wildman–Crippen LogP) is 4.88. The molecule has 130 valence electrons. The van der Waals surface area contributed by atoms with E-state index in [9.17, 15) is 0 Å². The van der Waals surface area contributed by atoms with Crippen LogP contribution in [0, 0.1) is 0 Å². The molecule has 4 rings (SSSR count). The number of halogens is 1. The summed E-state index contributed by atoms with van der Waals surface area (Å²) >= 11 is 8.01. The summed E-state index contributed by atoms with van der Waals surface area (Å²) < 4.78 is 0. The third-order valence-corrected chi connectivity index (χ3v) is 5.74. The van der Waals surface area contributed by atoms with E-state index in [1.165, 1.54) is 22.0 Å². The van der Waals surface area contributed by atoms with Crippen LogP contribution in [0.5, 0.6) is 0 Å². The van der Waals surface area contributed by atoms with Crippen molar-refractivity contribution in [2.45, 2.75) is 31.8 Å². The largest absolute Gasteiger partial charge is 0.369 e. The van der Waals surface area contributed by atoms with Crippen molar-refractivity contribution >= 4 is 45.4 Å². The molecule has 3 heterocycles. The van der Waals surface area contributed by atoms with E-state index in [1.54, 1.807) is 11.3 Å². The van der Waals surface area contributed by atoms with Gasteiger partial charge in [0.15, 0.2) is 5.62 Å². The first-order valence-electron chi connectivity index (χ1n) is 8.52. The number of para-hydroxylation sites is 1. The Bertz CT molecular complexity index is 925. The lowest BCUT2D eigenvalue weighted by molar-refractivity contribution is 0.846. The predicted molar refractivity (Wildman–Crippen MR) is 108 cm³/mol. The first-order valence-corrected chi connectivity index (χ1v) is 9.84. The van der Waals surface area contributed by atoms with Crippen molar-refractivity contribution in [2.24, 2.45) is 4.99 Å². The van der Waals surface area contributed by atoms with Gasteiger partial charge in [0, 0.05) is 23.6 Å². The lowest BCUT2D eigenvalue weighted by atomic mass is 10.0. The van der Waals surface area contributed by atoms with Crippen LogP contribution in [0.2, 0.25) is 0 Å². The van der Waals surface area contributed by atoms with Gasteiger partial charge in [-0.3, -0.25) is 0 Å². The summed E-state index contributed by atoms with van der Waals surface area (Å²) in [5.74, 6) is 1.35. The average Bonchev–Trinajstić information content (AvgIpc) is 3.19. The molecule has 0 radical (unpaired) electrons. The van der Waals surface area contributed by atoms with E-state index in [0.717, 1.165) is 29.4 Å². The van der Waals surface area contributed by atoms with Crippen LogP contribution in [0.3, 0.4) is 0 Å². The van der Waals surface area contributed by atoms with Gasteiger partial charge < -0.3 is 15.6 Å². The van der Waals surface area contributed by atoms with E-state index < -0.39 is 5.62 Å². The zero-order valence-corrected chi connectivity index (χ0v) is 15.8. The molecule has 0 fully saturated rings. The van der Waals surface area contributed by atoms with E-state index >= 15 is 0 Å². The summed E-state index contributed by atoms with van der Waals surface area (Å²) in [4.78, 5) is 9.02. The zero-order valence-electron chi connectivity index (χ0n) is 14.3. The SMILES string of the molecule is CC(C)c1csc2c1NC(Cl)N=C2NCCc1c[nH]c2ccccc12. The second-order valence-electron chi connectivity index (χ2n) is 6.54. The van der Waals surface area contributed by atoms with Gasteiger partial charge in [-0.05, 0) is 34.9 Å². The number of anilines is 1. The van der Waals surface area contributed by atoms with E-state index in [1.807, 2.05) is 0 Å². The van der Waals surface area contributed by atoms with Crippen molar-refractivity contribution < 1.29 is 0 Å². The van der Waals surface area contributed by atoms with Crippen molar-refractivity contribution in [1.29, 1.82) is 0 Å². The molecule has 6 heteroatoms. The molecule has 1 aliphatic rings. The normalized spacial score (nSPS) is 16.6. The number of H-pyrrole nitrogens is 1. The quantitative estimate of drug-likeness (QED) is 0.451. The number of hydrogen-bond acceptors (Lipinski definition) is 4. The topological polar surface area (TPSA) is 52.2 Å². The number of nitrogens with one attached hydrogen (secondary N) is 3. The monoisotopic (exact) mass is 372 g/mol. The Morgan fingerprint density at radius 1 is 1.32 bits per heavy atom. The highest BCUT2D eigenvalue weighted by Crippen LogP contribution is 2.36. The van der Waals surface area contributed by atoms with Crippen molar-refractivity contribution in [3.8, 4) is 0 Å². The van der Waals surface area contributed by atoms with E-state index in [4.69, 9.17) is 11.6 Å². The van der Waals surface area contributed by atoms with Gasteiger partial charge in [0.25, 0.3) is 0 Å². The number of aromatic nitrogens is 1. The first kappa shape index (κ1) is 16.5. The molecule has 0 saturated heterocycles. The molecule has 1 atom stereocenters. The van der Waals surface area contributed by atoms with Gasteiger partial charge in [0.2, 0.25) is 0 Å². The van der Waals surface area contributed by atoms with Gasteiger partial charge in [-0.25, -0.2) is 4.99 Å². The van der Waals surface area contributed by atoms with Gasteiger partial charge in [0.05, 0.1) is 10.6 Å². The second-order valence-corrected chi connectivity index (χ2v) is 7.84. The fourth-order valence-electron chi connectivity index (χ4n) is 3.22. The van der Waals surface area contributed by atoms with Crippen LogP contribution in [0.25, 0.3) is 10.9 Å². The number of amidine groups is 1. The zero-order chi connectivity index (χ0) is 17.4. The van der Waals surface area contributed by atoms with Gasteiger partial charge in [-0.15, -0.1) is 11.3 Å². The molecule has 3 aromatic rings. The van der Waals surface area contributed by atoms with Crippen LogP contribution in [-0.2, 0) is 6.42 Å². The Morgan fingerprint density at radius 2 is 2.16 bits per heavy atom. The Morgan fingerprint density at radius 3 is 3.00 bits per heavy atom. The number of rotatable bonds is 4. The third kappa shape index (κ3) is 3.14. The van der Waals surface area contributed by atoms with Crippen LogP contribution in [-0.4, -0.2) is 23.0 Å². The van der Waals surface area contributed by atoms with Gasteiger partial charge >= 0.3 is 0 Å². The maximum absolute atomic E-state index is 6.29. The van der Waals surface area contributed by atoms with Crippen LogP contribution in [0.1, 0.15) is 35.8 Å². The van der Waals surface area contributed by atoms with E-state index in [2.05, 4.69) is 70.3 Å². The molecule has 0 spiro atoms. The number of thiophene rings is 1. The summed E-state index contributed by atoms with van der Waals surface area (Å²) in [6.07, 6.45) is 3.02. The summed E-state index contributed by atoms with van der Waals surface area (Å²) in [6.45, 7) is 5.21. The minimum atomic E-state index is -0.421. The maximum atomic E-state index is 6.29. The second kappa shape index (κ2) is 6.73. The number of aliphatic imine (C=N–C) groups is 1. The minimum absolute atomic E-state index is 0.421. The molecule has 4 nitrogen and oxygen atoms in total. The molecular formula is C19H21ClN4S. The lowest BCUT2D eigenvalue weighted by Gasteiger charge is -2.22. The van der Waals surface area contributed by atoms with Crippen LogP contribution in [0.4, 0.5) is 5.69 Å². The van der Waals surface area contributed by atoms with Crippen LogP contribution in [0.15, 0.2) is 40.8 Å². The molecule has 0 bridgehead atoms. The van der Waals surface area contributed by atoms with Gasteiger partial charge in [-0.1, -0.05) is 43.6 Å². The third-order valence-electron chi connectivity index (χ3n) is 4.52. The highest BCUT2D eigenvalue weighted by Gasteiger charge is 2.24. The summed E-state index contributed by atoms with van der Waals surface area (Å²) in [6, 6.07) is 8.39. The molecule has 1 aliphatic heterocycles. The van der Waals surface area contributed by atoms with Gasteiger partial charge in [-0.2, -0.15) is 0 Å². The average molecular weight is 373 g/mol. The molecule has 2 aromatic heterocycles. The molecule has 1 aromatic carbocycles. The fourth-order valence-corrected chi connectivity index (χ4v) is 4.60. The fraction of sp³-hybridized carbons (Fsp3) is 0.316. The summed E-state index contributed by atoms with van der Waals surface area (Å²) in [5, 5.41) is 10.3. The number of nitrogens with zero attached hydrogens (tertiary/aromatic N) is 1. The van der Waals surface area contributed by atoms with Crippen LogP contribution >= 0.6 is 22.9 Å². The smallest absolute Gasteiger partial charge is 0.197 e. The Kier molecular flexibility index (Phi) is 4.44. The van der Waals surface area contributed by atoms with Crippen molar-refractivity contribution in [3.05, 3.63) is 51.8 Å². The Hall–Kier alpha value is -1.98. The highest BCUT2D eigenvalue weighted by atomic mass is 35.5. The molecular weight excluding hydrogens is 352 g/mol. The Balaban J connectivity index is 1.50. The summed E-state index contributed by atoms with van der Waals surface area (Å²) in [5.41, 5.74) is 4.50. The van der Waals surface area contributed by atoms with Crippen molar-refractivity contribution in [2.75, 3.05) is 11.9 Å². The molecule has 0 aliphatic carbocycles. The maximum Gasteiger partial charge on any atom is 0.197 e. The molecule has 0 saturated carbocycles. The molecule has 0 amide bonds. The number of aromatic amines is 1. The van der Waals surface area contributed by atoms with E-state index in [-0.39, 0.29) is 0 Å². The molecule has 1 unspecified atom stereocenters. The number of alkyl halides is 1. The number of fused-ring (bicyclic) bond motifs is 2. The Labute approximate surface area is 156 Å². The lowest BCUT2D eigenvalue weighted by Crippen LogP contribution is -2.32. The number of benzene rings is 1. The molecule has 25 heavy (non-hydrogen) atoms. The van der Waals surface area contributed by atoms with Crippen molar-refractivity contribution in [1.82, 2.24) is 10.3 Å². The standard InChI is InChI=1S/C19H21ClN4S/c1-11(2)14-10-25-17-16(14)23-19(20)24-18(17)21-8-7-12-9-22-15-6-4-3-5-13(12)15/h3-6,9-11,19,22-23H,7-8H2,1-2H3,(H,21,24). The molecule has 3 N–H and O–H groups in total. The van der Waals surface area contributed by atoms with Crippen LogP contribution < -0.4 is 10.6 Å². The minimum Gasteiger partial charge on any atom is -0.369 e. The highest BCUT2D eigenvalue weighted by molar-refractivity contribution is 7.13.